The Morgan fingerprint density at radius 2 is 1.93 bits per heavy atom. The van der Waals surface area contributed by atoms with Crippen molar-refractivity contribution in [2.45, 2.75) is 18.5 Å². The van der Waals surface area contributed by atoms with Crippen LogP contribution in [0.5, 0.6) is 0 Å². The van der Waals surface area contributed by atoms with Crippen LogP contribution in [-0.4, -0.2) is 41.0 Å². The van der Waals surface area contributed by atoms with Crippen molar-refractivity contribution >= 4 is 16.9 Å². The zero-order valence-corrected chi connectivity index (χ0v) is 14.5. The van der Waals surface area contributed by atoms with Crippen molar-refractivity contribution < 1.29 is 22.8 Å². The fraction of sp³-hybridized carbons (Fsp3) is 0.263. The molecular weight excluding hydrogens is 359 g/mol. The first-order chi connectivity index (χ1) is 12.9. The largest absolute Gasteiger partial charge is 0.492 e. The molecule has 3 rings (SSSR count). The van der Waals surface area contributed by atoms with Gasteiger partial charge in [-0.25, -0.2) is 4.79 Å². The first kappa shape index (κ1) is 18.9. The van der Waals surface area contributed by atoms with Crippen molar-refractivity contribution in [1.82, 2.24) is 15.3 Å². The van der Waals surface area contributed by atoms with Crippen LogP contribution in [0.1, 0.15) is 23.5 Å². The molecule has 8 heteroatoms. The molecule has 1 unspecified atom stereocenters. The molecule has 1 aromatic heterocycles. The molecular formula is C19H18F3N3O2. The Morgan fingerprint density at radius 3 is 2.63 bits per heavy atom. The summed E-state index contributed by atoms with van der Waals surface area (Å²) in [6.07, 6.45) is -2.85. The molecule has 0 radical (unpaired) electrons. The predicted octanol–water partition coefficient (Wildman–Crippen LogP) is 4.04. The van der Waals surface area contributed by atoms with Crippen LogP contribution in [0.4, 0.5) is 13.2 Å². The van der Waals surface area contributed by atoms with E-state index in [1.165, 1.54) is 7.05 Å². The van der Waals surface area contributed by atoms with Gasteiger partial charge in [-0.15, -0.1) is 5.06 Å². The first-order valence-corrected chi connectivity index (χ1v) is 8.33. The topological polar surface area (TPSA) is 58.2 Å². The van der Waals surface area contributed by atoms with E-state index in [2.05, 4.69) is 15.0 Å². The smallest absolute Gasteiger partial charge is 0.361 e. The van der Waals surface area contributed by atoms with Gasteiger partial charge in [0.1, 0.15) is 0 Å². The number of H-pyrrole nitrogens is 1. The van der Waals surface area contributed by atoms with Gasteiger partial charge >= 0.3 is 12.1 Å². The highest BCUT2D eigenvalue weighted by Crippen LogP contribution is 2.32. The van der Waals surface area contributed by atoms with Crippen LogP contribution in [0, 0.1) is 0 Å². The Hall–Kier alpha value is -2.87. The highest BCUT2D eigenvalue weighted by molar-refractivity contribution is 5.82. The summed E-state index contributed by atoms with van der Waals surface area (Å²) in [6.45, 7) is 0.131. The number of halogens is 3. The molecule has 0 aliphatic heterocycles. The molecule has 1 atom stereocenters. The monoisotopic (exact) mass is 377 g/mol. The molecule has 5 nitrogen and oxygen atoms in total. The summed E-state index contributed by atoms with van der Waals surface area (Å²) in [6, 6.07) is 15.4. The van der Waals surface area contributed by atoms with Gasteiger partial charge in [0.05, 0.1) is 11.7 Å². The quantitative estimate of drug-likeness (QED) is 0.659. The lowest BCUT2D eigenvalue weighted by Gasteiger charge is -2.22. The number of carbonyl (C=O) groups is 1. The van der Waals surface area contributed by atoms with Crippen LogP contribution in [0.3, 0.4) is 0 Å². The number of hydrogen-bond acceptors (Lipinski definition) is 4. The van der Waals surface area contributed by atoms with E-state index in [0.29, 0.717) is 6.42 Å². The molecule has 3 aromatic rings. The third kappa shape index (κ3) is 4.46. The van der Waals surface area contributed by atoms with Crippen LogP contribution in [0.25, 0.3) is 10.9 Å². The van der Waals surface area contributed by atoms with E-state index >= 15 is 0 Å². The maximum absolute atomic E-state index is 12.4. The molecule has 0 bridgehead atoms. The van der Waals surface area contributed by atoms with Crippen molar-refractivity contribution in [3.8, 4) is 0 Å². The average Bonchev–Trinajstić information content (AvgIpc) is 3.11. The number of benzene rings is 2. The van der Waals surface area contributed by atoms with Gasteiger partial charge in [-0.05, 0) is 17.5 Å². The predicted molar refractivity (Wildman–Crippen MR) is 93.8 cm³/mol. The zero-order valence-electron chi connectivity index (χ0n) is 14.5. The number of nitrogens with one attached hydrogen (secondary N) is 1. The third-order valence-corrected chi connectivity index (χ3v) is 4.29. The van der Waals surface area contributed by atoms with Crippen molar-refractivity contribution in [2.75, 3.05) is 13.6 Å². The van der Waals surface area contributed by atoms with Gasteiger partial charge in [-0.2, -0.15) is 18.3 Å². The highest BCUT2D eigenvalue weighted by atomic mass is 19.4. The lowest BCUT2D eigenvalue weighted by molar-refractivity contribution is -0.234. The normalized spacial score (nSPS) is 13.1. The van der Waals surface area contributed by atoms with Gasteiger partial charge in [-0.3, -0.25) is 5.10 Å². The molecule has 0 fully saturated rings. The molecule has 142 valence electrons. The molecule has 0 aliphatic rings. The third-order valence-electron chi connectivity index (χ3n) is 4.29. The number of nitrogens with zero attached hydrogens (tertiary/aromatic N) is 2. The Morgan fingerprint density at radius 1 is 1.19 bits per heavy atom. The molecule has 0 aliphatic carbocycles. The number of aromatic nitrogens is 2. The van der Waals surface area contributed by atoms with E-state index in [4.69, 9.17) is 0 Å². The second-order valence-electron chi connectivity index (χ2n) is 6.16. The molecule has 1 N–H and O–H groups in total. The van der Waals surface area contributed by atoms with E-state index in [9.17, 15) is 18.0 Å². The molecule has 1 heterocycles. The molecule has 0 amide bonds. The number of hydrogen-bond donors (Lipinski definition) is 1. The lowest BCUT2D eigenvalue weighted by Crippen LogP contribution is -2.33. The van der Waals surface area contributed by atoms with Gasteiger partial charge in [0, 0.05) is 24.9 Å². The minimum atomic E-state index is -5.02. The molecule has 2 aromatic carbocycles. The summed E-state index contributed by atoms with van der Waals surface area (Å²) in [5, 5.41) is 8.92. The maximum Gasteiger partial charge on any atom is 0.492 e. The number of aromatic amines is 1. The summed E-state index contributed by atoms with van der Waals surface area (Å²) in [5.41, 5.74) is 2.86. The minimum Gasteiger partial charge on any atom is -0.361 e. The van der Waals surface area contributed by atoms with E-state index in [1.54, 1.807) is 6.20 Å². The SMILES string of the molecule is CN(CCC(c1ccccc1)c1cccc2cn[nH]c12)OC(=O)C(F)(F)F. The van der Waals surface area contributed by atoms with Crippen molar-refractivity contribution in [1.29, 1.82) is 0 Å². The van der Waals surface area contributed by atoms with Crippen LogP contribution in [0.2, 0.25) is 0 Å². The lowest BCUT2D eigenvalue weighted by atomic mass is 9.87. The fourth-order valence-electron chi connectivity index (χ4n) is 3.02. The minimum absolute atomic E-state index is 0.109. The van der Waals surface area contributed by atoms with Crippen molar-refractivity contribution in [2.24, 2.45) is 0 Å². The van der Waals surface area contributed by atoms with Gasteiger partial charge in [0.2, 0.25) is 0 Å². The highest BCUT2D eigenvalue weighted by Gasteiger charge is 2.42. The Kier molecular flexibility index (Phi) is 5.46. The zero-order chi connectivity index (χ0) is 19.4. The van der Waals surface area contributed by atoms with Crippen molar-refractivity contribution in [3.63, 3.8) is 0 Å². The summed E-state index contributed by atoms with van der Waals surface area (Å²) < 4.78 is 37.1. The van der Waals surface area contributed by atoms with Crippen LogP contribution in [0.15, 0.2) is 54.7 Å². The maximum atomic E-state index is 12.4. The summed E-state index contributed by atoms with van der Waals surface area (Å²) in [5.74, 6) is -2.33. The van der Waals surface area contributed by atoms with E-state index in [0.717, 1.165) is 27.1 Å². The molecule has 0 spiro atoms. The Balaban J connectivity index is 1.82. The molecule has 0 saturated heterocycles. The number of fused-ring (bicyclic) bond motifs is 1. The number of alkyl halides is 3. The van der Waals surface area contributed by atoms with Crippen LogP contribution < -0.4 is 0 Å². The van der Waals surface area contributed by atoms with E-state index in [-0.39, 0.29) is 12.5 Å². The second-order valence-corrected chi connectivity index (χ2v) is 6.16. The van der Waals surface area contributed by atoms with Crippen LogP contribution in [-0.2, 0) is 9.63 Å². The molecule has 0 saturated carbocycles. The Bertz CT molecular complexity index is 909. The standard InChI is InChI=1S/C19H18F3N3O2/c1-25(27-18(26)19(20,21)22)11-10-15(13-6-3-2-4-7-13)16-9-5-8-14-12-23-24-17(14)16/h2-9,12,15H,10-11H2,1H3,(H,23,24). The van der Waals surface area contributed by atoms with Gasteiger partial charge in [0.15, 0.2) is 0 Å². The number of hydroxylamine groups is 2. The van der Waals surface area contributed by atoms with Gasteiger partial charge < -0.3 is 4.84 Å². The van der Waals surface area contributed by atoms with Crippen LogP contribution >= 0.6 is 0 Å². The van der Waals surface area contributed by atoms with E-state index < -0.39 is 12.1 Å². The fourth-order valence-corrected chi connectivity index (χ4v) is 3.02. The summed E-state index contributed by atoms with van der Waals surface area (Å²) in [4.78, 5) is 15.4. The van der Waals surface area contributed by atoms with Gasteiger partial charge in [0.25, 0.3) is 0 Å². The summed E-state index contributed by atoms with van der Waals surface area (Å²) in [7, 11) is 1.31. The first-order valence-electron chi connectivity index (χ1n) is 8.33. The average molecular weight is 377 g/mol. The van der Waals surface area contributed by atoms with E-state index in [1.807, 2.05) is 48.5 Å². The van der Waals surface area contributed by atoms with Crippen molar-refractivity contribution in [3.05, 3.63) is 65.9 Å². The molecule has 27 heavy (non-hydrogen) atoms. The van der Waals surface area contributed by atoms with Gasteiger partial charge in [-0.1, -0.05) is 48.5 Å². The number of para-hydroxylation sites is 1. The number of rotatable bonds is 6. The second kappa shape index (κ2) is 7.79. The summed E-state index contributed by atoms with van der Waals surface area (Å²) >= 11 is 0. The number of carbonyl (C=O) groups excluding carboxylic acids is 1. The Labute approximate surface area is 153 Å².